The van der Waals surface area contributed by atoms with Gasteiger partial charge in [0.15, 0.2) is 5.84 Å². The van der Waals surface area contributed by atoms with Gasteiger partial charge in [-0.3, -0.25) is 4.79 Å². The van der Waals surface area contributed by atoms with Gasteiger partial charge in [-0.15, -0.1) is 0 Å². The molecule has 0 aliphatic heterocycles. The summed E-state index contributed by atoms with van der Waals surface area (Å²) in [5.74, 6) is 0.527. The fraction of sp³-hybridized carbons (Fsp3) is 0.833. The van der Waals surface area contributed by atoms with E-state index in [1.165, 1.54) is 19.3 Å². The molecule has 1 aliphatic rings. The van der Waals surface area contributed by atoms with E-state index in [2.05, 4.69) is 5.16 Å². The van der Waals surface area contributed by atoms with E-state index in [0.717, 1.165) is 6.54 Å². The summed E-state index contributed by atoms with van der Waals surface area (Å²) in [4.78, 5) is 14.1. The summed E-state index contributed by atoms with van der Waals surface area (Å²) in [6.45, 7) is 6.79. The Morgan fingerprint density at radius 3 is 2.47 bits per heavy atom. The van der Waals surface area contributed by atoms with Crippen LogP contribution in [0.25, 0.3) is 0 Å². The van der Waals surface area contributed by atoms with Crippen molar-refractivity contribution in [2.24, 2.45) is 22.2 Å². The topological polar surface area (TPSA) is 78.9 Å². The van der Waals surface area contributed by atoms with Crippen molar-refractivity contribution in [3.05, 3.63) is 0 Å². The van der Waals surface area contributed by atoms with E-state index in [0.29, 0.717) is 12.5 Å². The Kier molecular flexibility index (Phi) is 4.37. The van der Waals surface area contributed by atoms with Crippen LogP contribution in [-0.2, 0) is 4.79 Å². The molecule has 0 saturated heterocycles. The van der Waals surface area contributed by atoms with Crippen LogP contribution >= 0.6 is 0 Å². The number of hydrogen-bond donors (Lipinski definition) is 2. The molecule has 1 aliphatic carbocycles. The van der Waals surface area contributed by atoms with Gasteiger partial charge in [-0.2, -0.15) is 0 Å². The minimum absolute atomic E-state index is 0.0328. The Labute approximate surface area is 103 Å². The third-order valence-corrected chi connectivity index (χ3v) is 3.66. The maximum absolute atomic E-state index is 12.3. The summed E-state index contributed by atoms with van der Waals surface area (Å²) in [6, 6.07) is 0. The van der Waals surface area contributed by atoms with Gasteiger partial charge in [-0.25, -0.2) is 0 Å². The highest BCUT2D eigenvalue weighted by Crippen LogP contribution is 2.28. The average Bonchev–Trinajstić information content (AvgIpc) is 2.26. The largest absolute Gasteiger partial charge is 0.409 e. The first kappa shape index (κ1) is 13.8. The van der Waals surface area contributed by atoms with Gasteiger partial charge in [0.05, 0.1) is 0 Å². The van der Waals surface area contributed by atoms with Crippen molar-refractivity contribution < 1.29 is 10.0 Å². The lowest BCUT2D eigenvalue weighted by Gasteiger charge is -2.35. The third kappa shape index (κ3) is 2.90. The second-order valence-corrected chi connectivity index (χ2v) is 5.25. The molecule has 0 radical (unpaired) electrons. The molecule has 0 bridgehead atoms. The first-order chi connectivity index (χ1) is 7.93. The van der Waals surface area contributed by atoms with Crippen molar-refractivity contribution in [1.82, 2.24) is 4.90 Å². The summed E-state index contributed by atoms with van der Waals surface area (Å²) >= 11 is 0. The van der Waals surface area contributed by atoms with Gasteiger partial charge in [-0.1, -0.05) is 11.6 Å². The number of rotatable bonds is 5. The molecule has 0 spiro atoms. The second kappa shape index (κ2) is 5.38. The molecule has 0 atom stereocenters. The predicted molar refractivity (Wildman–Crippen MR) is 66.8 cm³/mol. The minimum atomic E-state index is -0.936. The smallest absolute Gasteiger partial charge is 0.235 e. The van der Waals surface area contributed by atoms with Crippen LogP contribution in [0.3, 0.4) is 0 Å². The zero-order valence-corrected chi connectivity index (χ0v) is 10.9. The van der Waals surface area contributed by atoms with E-state index in [1.807, 2.05) is 11.8 Å². The Morgan fingerprint density at radius 2 is 2.12 bits per heavy atom. The molecular formula is C12H23N3O2. The van der Waals surface area contributed by atoms with Crippen LogP contribution in [0.15, 0.2) is 5.16 Å². The summed E-state index contributed by atoms with van der Waals surface area (Å²) in [5, 5.41) is 11.7. The minimum Gasteiger partial charge on any atom is -0.409 e. The van der Waals surface area contributed by atoms with E-state index < -0.39 is 5.41 Å². The maximum atomic E-state index is 12.3. The van der Waals surface area contributed by atoms with Crippen LogP contribution in [-0.4, -0.2) is 34.9 Å². The number of amidine groups is 1. The molecule has 0 aromatic rings. The van der Waals surface area contributed by atoms with E-state index in [1.54, 1.807) is 13.8 Å². The molecule has 0 heterocycles. The Bertz CT molecular complexity index is 309. The fourth-order valence-corrected chi connectivity index (χ4v) is 1.97. The predicted octanol–water partition coefficient (Wildman–Crippen LogP) is 1.41. The van der Waals surface area contributed by atoms with Crippen molar-refractivity contribution in [3.8, 4) is 0 Å². The highest BCUT2D eigenvalue weighted by atomic mass is 16.4. The average molecular weight is 241 g/mol. The summed E-state index contributed by atoms with van der Waals surface area (Å²) in [5.41, 5.74) is 4.64. The van der Waals surface area contributed by atoms with Crippen molar-refractivity contribution in [2.75, 3.05) is 13.1 Å². The van der Waals surface area contributed by atoms with Crippen molar-refractivity contribution >= 4 is 11.7 Å². The van der Waals surface area contributed by atoms with Gasteiger partial charge in [0.1, 0.15) is 5.41 Å². The van der Waals surface area contributed by atoms with Gasteiger partial charge in [0.25, 0.3) is 0 Å². The number of carbonyl (C=O) groups excluding carboxylic acids is 1. The Morgan fingerprint density at radius 1 is 1.53 bits per heavy atom. The SMILES string of the molecule is CCN(CC1CCC1)C(=O)C(C)(C)C(N)=NO. The van der Waals surface area contributed by atoms with E-state index in [9.17, 15) is 4.79 Å². The van der Waals surface area contributed by atoms with E-state index in [4.69, 9.17) is 10.9 Å². The number of nitrogens with zero attached hydrogens (tertiary/aromatic N) is 2. The fourth-order valence-electron chi connectivity index (χ4n) is 1.97. The van der Waals surface area contributed by atoms with Gasteiger partial charge in [0.2, 0.25) is 5.91 Å². The molecule has 1 saturated carbocycles. The molecular weight excluding hydrogens is 218 g/mol. The molecule has 98 valence electrons. The lowest BCUT2D eigenvalue weighted by Crippen LogP contribution is -2.49. The molecule has 1 rings (SSSR count). The quantitative estimate of drug-likeness (QED) is 0.330. The van der Waals surface area contributed by atoms with E-state index in [-0.39, 0.29) is 11.7 Å². The lowest BCUT2D eigenvalue weighted by molar-refractivity contribution is -0.138. The normalized spacial score (nSPS) is 17.7. The summed E-state index contributed by atoms with van der Waals surface area (Å²) in [6.07, 6.45) is 3.67. The van der Waals surface area contributed by atoms with Crippen molar-refractivity contribution in [3.63, 3.8) is 0 Å². The molecule has 0 unspecified atom stereocenters. The first-order valence-electron chi connectivity index (χ1n) is 6.20. The molecule has 1 amide bonds. The number of carbonyl (C=O) groups is 1. The molecule has 0 aromatic heterocycles. The van der Waals surface area contributed by atoms with Crippen LogP contribution in [0.1, 0.15) is 40.0 Å². The maximum Gasteiger partial charge on any atom is 0.235 e. The van der Waals surface area contributed by atoms with Crippen molar-refractivity contribution in [1.29, 1.82) is 0 Å². The van der Waals surface area contributed by atoms with Gasteiger partial charge in [-0.05, 0) is 39.5 Å². The molecule has 5 heteroatoms. The van der Waals surface area contributed by atoms with Gasteiger partial charge < -0.3 is 15.8 Å². The highest BCUT2D eigenvalue weighted by molar-refractivity contribution is 6.05. The van der Waals surface area contributed by atoms with Gasteiger partial charge in [0, 0.05) is 13.1 Å². The van der Waals surface area contributed by atoms with Crippen LogP contribution < -0.4 is 5.73 Å². The molecule has 5 nitrogen and oxygen atoms in total. The standard InChI is InChI=1S/C12H23N3O2/c1-4-15(8-9-6-5-7-9)11(16)12(2,3)10(13)14-17/h9,17H,4-8H2,1-3H3,(H2,13,14). The monoisotopic (exact) mass is 241 g/mol. The number of hydrogen-bond acceptors (Lipinski definition) is 3. The van der Waals surface area contributed by atoms with Crippen LogP contribution in [0, 0.1) is 11.3 Å². The number of amides is 1. The highest BCUT2D eigenvalue weighted by Gasteiger charge is 2.37. The van der Waals surface area contributed by atoms with Crippen molar-refractivity contribution in [2.45, 2.75) is 40.0 Å². The Hall–Kier alpha value is -1.26. The van der Waals surface area contributed by atoms with Gasteiger partial charge >= 0.3 is 0 Å². The van der Waals surface area contributed by atoms with E-state index >= 15 is 0 Å². The summed E-state index contributed by atoms with van der Waals surface area (Å²) < 4.78 is 0. The summed E-state index contributed by atoms with van der Waals surface area (Å²) in [7, 11) is 0. The molecule has 0 aromatic carbocycles. The number of oxime groups is 1. The first-order valence-corrected chi connectivity index (χ1v) is 6.20. The van der Waals surface area contributed by atoms with Crippen LogP contribution in [0.2, 0.25) is 0 Å². The third-order valence-electron chi connectivity index (χ3n) is 3.66. The molecule has 17 heavy (non-hydrogen) atoms. The second-order valence-electron chi connectivity index (χ2n) is 5.25. The zero-order valence-electron chi connectivity index (χ0n) is 10.9. The number of nitrogens with two attached hydrogens (primary N) is 1. The zero-order chi connectivity index (χ0) is 13.1. The van der Waals surface area contributed by atoms with Crippen LogP contribution in [0.4, 0.5) is 0 Å². The molecule has 3 N–H and O–H groups in total. The Balaban J connectivity index is 2.70. The molecule has 1 fully saturated rings. The van der Waals surface area contributed by atoms with Crippen LogP contribution in [0.5, 0.6) is 0 Å². The lowest BCUT2D eigenvalue weighted by atomic mass is 9.84.